The Morgan fingerprint density at radius 1 is 1.03 bits per heavy atom. The van der Waals surface area contributed by atoms with E-state index in [0.29, 0.717) is 10.5 Å². The maximum absolute atomic E-state index is 13.3. The van der Waals surface area contributed by atoms with Gasteiger partial charge in [-0.25, -0.2) is 23.2 Å². The van der Waals surface area contributed by atoms with E-state index in [9.17, 15) is 26.4 Å². The quantitative estimate of drug-likeness (QED) is 0.482. The summed E-state index contributed by atoms with van der Waals surface area (Å²) in [7, 11) is -4.08. The van der Waals surface area contributed by atoms with Crippen molar-refractivity contribution < 1.29 is 26.4 Å². The number of carbonyl (C=O) groups excluding carboxylic acids is 1. The lowest BCUT2D eigenvalue weighted by atomic mass is 10.2. The summed E-state index contributed by atoms with van der Waals surface area (Å²) in [5.41, 5.74) is 0.826. The van der Waals surface area contributed by atoms with Crippen molar-refractivity contribution in [1.82, 2.24) is 9.97 Å². The number of para-hydroxylation sites is 1. The lowest BCUT2D eigenvalue weighted by Gasteiger charge is -2.36. The molecule has 1 aliphatic heterocycles. The summed E-state index contributed by atoms with van der Waals surface area (Å²) in [6, 6.07) is 13.4. The van der Waals surface area contributed by atoms with Gasteiger partial charge in [-0.15, -0.1) is 0 Å². The summed E-state index contributed by atoms with van der Waals surface area (Å²) in [5, 5.41) is -0.486. The van der Waals surface area contributed by atoms with Crippen LogP contribution in [0, 0.1) is 0 Å². The third kappa shape index (κ3) is 4.93. The van der Waals surface area contributed by atoms with E-state index in [1.165, 1.54) is 12.1 Å². The summed E-state index contributed by atoms with van der Waals surface area (Å²) in [4.78, 5) is 22.3. The van der Waals surface area contributed by atoms with Crippen molar-refractivity contribution in [3.05, 3.63) is 76.9 Å². The van der Waals surface area contributed by atoms with Gasteiger partial charge in [0.05, 0.1) is 23.0 Å². The zero-order chi connectivity index (χ0) is 23.8. The average Bonchev–Trinajstić information content (AvgIpc) is 2.75. The molecule has 2 amide bonds. The maximum atomic E-state index is 13.3. The Labute approximate surface area is 192 Å². The zero-order valence-corrected chi connectivity index (χ0v) is 18.4. The van der Waals surface area contributed by atoms with Gasteiger partial charge in [0.15, 0.2) is 0 Å². The molecule has 4 rings (SSSR count). The molecule has 0 saturated carbocycles. The molecule has 0 bridgehead atoms. The van der Waals surface area contributed by atoms with Crippen LogP contribution < -0.4 is 9.80 Å². The zero-order valence-electron chi connectivity index (χ0n) is 16.8. The number of hydrogen-bond acceptors (Lipinski definition) is 5. The van der Waals surface area contributed by atoms with Crippen LogP contribution in [0.4, 0.5) is 29.5 Å². The smallest absolute Gasteiger partial charge is 0.288 e. The monoisotopic (exact) mass is 496 g/mol. The molecule has 1 aromatic heterocycles. The van der Waals surface area contributed by atoms with Crippen molar-refractivity contribution in [3.63, 3.8) is 0 Å². The topological polar surface area (TPSA) is 83.5 Å². The van der Waals surface area contributed by atoms with E-state index in [-0.39, 0.29) is 22.8 Å². The fourth-order valence-electron chi connectivity index (χ4n) is 3.39. The Kier molecular flexibility index (Phi) is 6.02. The van der Waals surface area contributed by atoms with Crippen molar-refractivity contribution in [3.8, 4) is 0 Å². The second-order valence-electron chi connectivity index (χ2n) is 7.27. The predicted molar refractivity (Wildman–Crippen MR) is 116 cm³/mol. The number of halogens is 4. The van der Waals surface area contributed by atoms with E-state index in [1.54, 1.807) is 42.5 Å². The number of carbonyl (C=O) groups is 1. The second-order valence-corrected chi connectivity index (χ2v) is 9.56. The van der Waals surface area contributed by atoms with E-state index in [1.807, 2.05) is 0 Å². The van der Waals surface area contributed by atoms with Crippen LogP contribution in [0.2, 0.25) is 5.02 Å². The molecule has 0 fully saturated rings. The van der Waals surface area contributed by atoms with Crippen molar-refractivity contribution in [2.75, 3.05) is 16.3 Å². The first-order chi connectivity index (χ1) is 15.5. The first-order valence-electron chi connectivity index (χ1n) is 9.58. The van der Waals surface area contributed by atoms with E-state index >= 15 is 0 Å². The first kappa shape index (κ1) is 23.0. The molecule has 12 heteroatoms. The molecule has 33 heavy (non-hydrogen) atoms. The Morgan fingerprint density at radius 3 is 2.36 bits per heavy atom. The molecule has 3 aromatic rings. The van der Waals surface area contributed by atoms with Crippen LogP contribution in [0.5, 0.6) is 0 Å². The van der Waals surface area contributed by atoms with Crippen LogP contribution in [0.15, 0.2) is 66.0 Å². The molecule has 7 nitrogen and oxygen atoms in total. The molecule has 0 N–H and O–H groups in total. The second kappa shape index (κ2) is 8.64. The third-order valence-corrected chi connectivity index (χ3v) is 6.61. The largest absolute Gasteiger partial charge is 0.406 e. The number of amides is 2. The van der Waals surface area contributed by atoms with E-state index in [2.05, 4.69) is 9.97 Å². The minimum Gasteiger partial charge on any atom is -0.288 e. The maximum Gasteiger partial charge on any atom is 0.406 e. The van der Waals surface area contributed by atoms with Gasteiger partial charge in [0, 0.05) is 11.8 Å². The number of urea groups is 1. The first-order valence-corrected chi connectivity index (χ1v) is 11.6. The number of rotatable bonds is 5. The number of hydrogen-bond donors (Lipinski definition) is 0. The minimum atomic E-state index is -4.76. The van der Waals surface area contributed by atoms with Crippen molar-refractivity contribution in [1.29, 1.82) is 0 Å². The molecule has 0 atom stereocenters. The summed E-state index contributed by atoms with van der Waals surface area (Å²) in [6.07, 6.45) is -3.63. The van der Waals surface area contributed by atoms with Gasteiger partial charge in [-0.05, 0) is 17.7 Å². The van der Waals surface area contributed by atoms with Crippen LogP contribution >= 0.6 is 11.6 Å². The molecular weight excluding hydrogens is 481 g/mol. The van der Waals surface area contributed by atoms with E-state index in [4.69, 9.17) is 11.6 Å². The van der Waals surface area contributed by atoms with Gasteiger partial charge >= 0.3 is 12.2 Å². The molecule has 2 aromatic carbocycles. The van der Waals surface area contributed by atoms with Crippen molar-refractivity contribution >= 4 is 39.0 Å². The fraction of sp³-hybridized carbons (Fsp3) is 0.190. The van der Waals surface area contributed by atoms with Gasteiger partial charge in [-0.1, -0.05) is 54.1 Å². The van der Waals surface area contributed by atoms with Crippen LogP contribution in [0.25, 0.3) is 0 Å². The summed E-state index contributed by atoms with van der Waals surface area (Å²) >= 11 is 6.15. The van der Waals surface area contributed by atoms with Gasteiger partial charge in [-0.2, -0.15) is 13.2 Å². The number of nitrogens with zero attached hydrogens (tertiary/aromatic N) is 4. The van der Waals surface area contributed by atoms with Crippen molar-refractivity contribution in [2.24, 2.45) is 0 Å². The van der Waals surface area contributed by atoms with Crippen LogP contribution in [0.1, 0.15) is 11.1 Å². The highest BCUT2D eigenvalue weighted by molar-refractivity contribution is 7.90. The van der Waals surface area contributed by atoms with Crippen molar-refractivity contribution in [2.45, 2.75) is 23.6 Å². The average molecular weight is 497 g/mol. The fourth-order valence-corrected chi connectivity index (χ4v) is 4.83. The summed E-state index contributed by atoms with van der Waals surface area (Å²) < 4.78 is 65.6. The SMILES string of the molecule is O=C1N(c2ccccc2Cl)Cc2cnc(S(=O)(=O)Cc3ccccc3)nc2N1CC(F)(F)F. The molecule has 172 valence electrons. The molecule has 0 aliphatic carbocycles. The Morgan fingerprint density at radius 2 is 1.70 bits per heavy atom. The number of alkyl halides is 3. The lowest BCUT2D eigenvalue weighted by molar-refractivity contribution is -0.118. The van der Waals surface area contributed by atoms with Crippen LogP contribution in [-0.4, -0.2) is 37.1 Å². The van der Waals surface area contributed by atoms with Gasteiger partial charge in [0.1, 0.15) is 12.4 Å². The highest BCUT2D eigenvalue weighted by atomic mass is 35.5. The standard InChI is InChI=1S/C21H16ClF3N4O3S/c22-16-8-4-5-9-17(16)28-11-15-10-26-19(33(31,32)12-14-6-2-1-3-7-14)27-18(15)29(20(28)30)13-21(23,24)25/h1-10H,11-13H2. The number of benzene rings is 2. The highest BCUT2D eigenvalue weighted by Gasteiger charge is 2.41. The minimum absolute atomic E-state index is 0.150. The number of sulfone groups is 1. The molecule has 0 radical (unpaired) electrons. The van der Waals surface area contributed by atoms with E-state index in [0.717, 1.165) is 11.1 Å². The molecular formula is C21H16ClF3N4O3S. The third-order valence-electron chi connectivity index (χ3n) is 4.82. The number of aromatic nitrogens is 2. The molecule has 1 aliphatic rings. The van der Waals surface area contributed by atoms with Gasteiger partial charge in [0.25, 0.3) is 0 Å². The predicted octanol–water partition coefficient (Wildman–Crippen LogP) is 4.61. The van der Waals surface area contributed by atoms with Gasteiger partial charge in [-0.3, -0.25) is 9.80 Å². The normalized spacial score (nSPS) is 14.4. The number of anilines is 2. The Hall–Kier alpha value is -3.18. The molecule has 0 unspecified atom stereocenters. The highest BCUT2D eigenvalue weighted by Crippen LogP contribution is 2.35. The molecule has 0 spiro atoms. The Bertz CT molecular complexity index is 1300. The van der Waals surface area contributed by atoms with Gasteiger partial charge in [0.2, 0.25) is 15.0 Å². The lowest BCUT2D eigenvalue weighted by Crippen LogP contribution is -2.51. The molecule has 2 heterocycles. The number of fused-ring (bicyclic) bond motifs is 1. The van der Waals surface area contributed by atoms with Crippen LogP contribution in [0.3, 0.4) is 0 Å². The van der Waals surface area contributed by atoms with Gasteiger partial charge < -0.3 is 0 Å². The summed E-state index contributed by atoms with van der Waals surface area (Å²) in [5.74, 6) is -0.840. The van der Waals surface area contributed by atoms with E-state index < -0.39 is 45.3 Å². The summed E-state index contributed by atoms with van der Waals surface area (Å²) in [6.45, 7) is -1.83. The molecule has 0 saturated heterocycles. The Balaban J connectivity index is 1.77. The van der Waals surface area contributed by atoms with Crippen LogP contribution in [-0.2, 0) is 22.1 Å².